The molecule has 0 saturated heterocycles. The number of para-hydroxylation sites is 1. The molecule has 0 aliphatic heterocycles. The van der Waals surface area contributed by atoms with Crippen LogP contribution >= 0.6 is 0 Å². The second kappa shape index (κ2) is 9.67. The summed E-state index contributed by atoms with van der Waals surface area (Å²) in [6.07, 6.45) is 0.944. The Labute approximate surface area is 187 Å². The van der Waals surface area contributed by atoms with Crippen LogP contribution in [-0.2, 0) is 0 Å². The van der Waals surface area contributed by atoms with E-state index in [4.69, 9.17) is 15.2 Å². The Morgan fingerprint density at radius 2 is 1.47 bits per heavy atom. The van der Waals surface area contributed by atoms with Gasteiger partial charge >= 0.3 is 0 Å². The number of rotatable bonds is 7. The molecule has 158 valence electrons. The third-order valence-electron chi connectivity index (χ3n) is 4.93. The van der Waals surface area contributed by atoms with Gasteiger partial charge in [0.1, 0.15) is 34.7 Å². The first-order chi connectivity index (χ1) is 15.7. The highest BCUT2D eigenvalue weighted by Gasteiger charge is 2.14. The lowest BCUT2D eigenvalue weighted by molar-refractivity contribution is 0.317. The predicted octanol–water partition coefficient (Wildman–Crippen LogP) is 6.45. The molecule has 4 rings (SSSR count). The number of nitrogens with two attached hydrogens (primary N) is 1. The van der Waals surface area contributed by atoms with E-state index < -0.39 is 0 Å². The third-order valence-corrected chi connectivity index (χ3v) is 4.93. The molecule has 3 aromatic carbocycles. The SMILES string of the molecule is CCCOc1ccc(-c2cc(-c3ccc(Oc4ccccc4)cc3)nc(N)c2C#N)cc1. The number of benzene rings is 3. The summed E-state index contributed by atoms with van der Waals surface area (Å²) in [7, 11) is 0. The predicted molar refractivity (Wildman–Crippen MR) is 127 cm³/mol. The number of nitriles is 1. The van der Waals surface area contributed by atoms with E-state index in [-0.39, 0.29) is 5.82 Å². The number of nitrogens with zero attached hydrogens (tertiary/aromatic N) is 2. The van der Waals surface area contributed by atoms with E-state index in [1.807, 2.05) is 84.9 Å². The van der Waals surface area contributed by atoms with E-state index >= 15 is 0 Å². The van der Waals surface area contributed by atoms with Gasteiger partial charge in [0.2, 0.25) is 0 Å². The average Bonchev–Trinajstić information content (AvgIpc) is 2.84. The van der Waals surface area contributed by atoms with Gasteiger partial charge in [0.05, 0.1) is 12.3 Å². The molecule has 0 aliphatic carbocycles. The normalized spacial score (nSPS) is 10.4. The highest BCUT2D eigenvalue weighted by atomic mass is 16.5. The minimum Gasteiger partial charge on any atom is -0.494 e. The number of anilines is 1. The Kier molecular flexibility index (Phi) is 6.33. The van der Waals surface area contributed by atoms with E-state index in [1.165, 1.54) is 0 Å². The smallest absolute Gasteiger partial charge is 0.142 e. The lowest BCUT2D eigenvalue weighted by Crippen LogP contribution is -2.00. The molecule has 0 fully saturated rings. The molecule has 2 N–H and O–H groups in total. The maximum Gasteiger partial charge on any atom is 0.142 e. The highest BCUT2D eigenvalue weighted by Crippen LogP contribution is 2.33. The van der Waals surface area contributed by atoms with E-state index in [1.54, 1.807) is 0 Å². The number of nitrogen functional groups attached to an aromatic ring is 1. The maximum absolute atomic E-state index is 9.66. The summed E-state index contributed by atoms with van der Waals surface area (Å²) in [6.45, 7) is 2.73. The zero-order valence-electron chi connectivity index (χ0n) is 17.8. The van der Waals surface area contributed by atoms with Crippen LogP contribution in [0, 0.1) is 11.3 Å². The number of hydrogen-bond donors (Lipinski definition) is 1. The average molecular weight is 422 g/mol. The highest BCUT2D eigenvalue weighted by molar-refractivity contribution is 5.80. The van der Waals surface area contributed by atoms with Crippen LogP contribution in [0.15, 0.2) is 84.9 Å². The Balaban J connectivity index is 1.64. The Bertz CT molecular complexity index is 1230. The van der Waals surface area contributed by atoms with Gasteiger partial charge < -0.3 is 15.2 Å². The summed E-state index contributed by atoms with van der Waals surface area (Å²) in [5.41, 5.74) is 9.70. The van der Waals surface area contributed by atoms with Gasteiger partial charge in [-0.3, -0.25) is 0 Å². The van der Waals surface area contributed by atoms with Crippen molar-refractivity contribution in [1.82, 2.24) is 4.98 Å². The van der Waals surface area contributed by atoms with Crippen molar-refractivity contribution < 1.29 is 9.47 Å². The molecule has 0 bridgehead atoms. The molecule has 0 unspecified atom stereocenters. The molecule has 5 nitrogen and oxygen atoms in total. The molecule has 0 radical (unpaired) electrons. The molecule has 0 saturated carbocycles. The summed E-state index contributed by atoms with van der Waals surface area (Å²) in [4.78, 5) is 4.46. The molecule has 1 heterocycles. The lowest BCUT2D eigenvalue weighted by Gasteiger charge is -2.12. The van der Waals surface area contributed by atoms with Gasteiger partial charge in [-0.2, -0.15) is 5.26 Å². The van der Waals surface area contributed by atoms with Crippen molar-refractivity contribution >= 4 is 5.82 Å². The fourth-order valence-electron chi connectivity index (χ4n) is 3.33. The van der Waals surface area contributed by atoms with Crippen molar-refractivity contribution in [3.05, 3.63) is 90.5 Å². The lowest BCUT2D eigenvalue weighted by atomic mass is 9.98. The van der Waals surface area contributed by atoms with Crippen LogP contribution in [0.1, 0.15) is 18.9 Å². The topological polar surface area (TPSA) is 81.2 Å². The van der Waals surface area contributed by atoms with Crippen molar-refractivity contribution in [3.63, 3.8) is 0 Å². The van der Waals surface area contributed by atoms with Crippen molar-refractivity contribution in [3.8, 4) is 45.7 Å². The van der Waals surface area contributed by atoms with Crippen LogP contribution in [0.3, 0.4) is 0 Å². The van der Waals surface area contributed by atoms with Gasteiger partial charge in [0.15, 0.2) is 0 Å². The monoisotopic (exact) mass is 421 g/mol. The van der Waals surface area contributed by atoms with Crippen molar-refractivity contribution in [2.24, 2.45) is 0 Å². The van der Waals surface area contributed by atoms with Gasteiger partial charge in [-0.1, -0.05) is 37.3 Å². The van der Waals surface area contributed by atoms with Gasteiger partial charge in [-0.25, -0.2) is 4.98 Å². The molecule has 32 heavy (non-hydrogen) atoms. The molecule has 0 aliphatic rings. The Morgan fingerprint density at radius 3 is 2.12 bits per heavy atom. The molecule has 1 aromatic heterocycles. The Hall–Kier alpha value is -4.30. The van der Waals surface area contributed by atoms with Crippen LogP contribution < -0.4 is 15.2 Å². The first-order valence-electron chi connectivity index (χ1n) is 10.4. The minimum absolute atomic E-state index is 0.205. The molecular weight excluding hydrogens is 398 g/mol. The van der Waals surface area contributed by atoms with Crippen LogP contribution in [0.2, 0.25) is 0 Å². The van der Waals surface area contributed by atoms with Gasteiger partial charge in [-0.05, 0) is 66.6 Å². The second-order valence-corrected chi connectivity index (χ2v) is 7.24. The molecule has 0 spiro atoms. The summed E-state index contributed by atoms with van der Waals surface area (Å²) >= 11 is 0. The van der Waals surface area contributed by atoms with Crippen LogP contribution in [0.4, 0.5) is 5.82 Å². The fourth-order valence-corrected chi connectivity index (χ4v) is 3.33. The van der Waals surface area contributed by atoms with Crippen LogP contribution in [0.25, 0.3) is 22.4 Å². The van der Waals surface area contributed by atoms with Crippen LogP contribution in [0.5, 0.6) is 17.2 Å². The van der Waals surface area contributed by atoms with E-state index in [0.717, 1.165) is 40.4 Å². The quantitative estimate of drug-likeness (QED) is 0.371. The number of pyridine rings is 1. The molecular formula is C27H23N3O2. The number of hydrogen-bond acceptors (Lipinski definition) is 5. The van der Waals surface area contributed by atoms with Crippen molar-refractivity contribution in [2.75, 3.05) is 12.3 Å². The van der Waals surface area contributed by atoms with E-state index in [0.29, 0.717) is 17.9 Å². The van der Waals surface area contributed by atoms with Crippen LogP contribution in [-0.4, -0.2) is 11.6 Å². The molecule has 0 amide bonds. The number of ether oxygens (including phenoxy) is 2. The van der Waals surface area contributed by atoms with Crippen molar-refractivity contribution in [2.45, 2.75) is 13.3 Å². The van der Waals surface area contributed by atoms with E-state index in [9.17, 15) is 5.26 Å². The van der Waals surface area contributed by atoms with E-state index in [2.05, 4.69) is 18.0 Å². The number of aromatic nitrogens is 1. The maximum atomic E-state index is 9.66. The first-order valence-corrected chi connectivity index (χ1v) is 10.4. The zero-order valence-corrected chi connectivity index (χ0v) is 17.8. The Morgan fingerprint density at radius 1 is 0.844 bits per heavy atom. The summed E-state index contributed by atoms with van der Waals surface area (Å²) < 4.78 is 11.5. The molecule has 5 heteroatoms. The zero-order chi connectivity index (χ0) is 22.3. The summed E-state index contributed by atoms with van der Waals surface area (Å²) in [5, 5.41) is 9.66. The fraction of sp³-hybridized carbons (Fsp3) is 0.111. The summed E-state index contributed by atoms with van der Waals surface area (Å²) in [5.74, 6) is 2.50. The van der Waals surface area contributed by atoms with Gasteiger partial charge in [0, 0.05) is 11.1 Å². The van der Waals surface area contributed by atoms with Gasteiger partial charge in [-0.15, -0.1) is 0 Å². The first kappa shape index (κ1) is 21.0. The third kappa shape index (κ3) is 4.71. The minimum atomic E-state index is 0.205. The standard InChI is InChI=1S/C27H23N3O2/c1-2-16-31-21-12-8-19(9-13-21)24-17-26(30-27(29)25(24)18-28)20-10-14-23(15-11-20)32-22-6-4-3-5-7-22/h3-15,17H,2,16H2,1H3,(H2,29,30). The second-order valence-electron chi connectivity index (χ2n) is 7.24. The molecule has 0 atom stereocenters. The molecule has 4 aromatic rings. The van der Waals surface area contributed by atoms with Gasteiger partial charge in [0.25, 0.3) is 0 Å². The summed E-state index contributed by atoms with van der Waals surface area (Å²) in [6, 6.07) is 29.0. The van der Waals surface area contributed by atoms with Crippen molar-refractivity contribution in [1.29, 1.82) is 5.26 Å². The largest absolute Gasteiger partial charge is 0.494 e.